The van der Waals surface area contributed by atoms with Crippen molar-refractivity contribution in [3.63, 3.8) is 0 Å². The van der Waals surface area contributed by atoms with Crippen molar-refractivity contribution < 1.29 is 4.79 Å². The van der Waals surface area contributed by atoms with Gasteiger partial charge in [0, 0.05) is 22.6 Å². The summed E-state index contributed by atoms with van der Waals surface area (Å²) in [5.74, 6) is -0.496. The number of nitrogens with zero attached hydrogens (tertiary/aromatic N) is 1. The Kier molecular flexibility index (Phi) is 3.82. The van der Waals surface area contributed by atoms with Crippen LogP contribution in [0.4, 0.5) is 5.69 Å². The molecule has 2 aromatic carbocycles. The first-order valence-corrected chi connectivity index (χ1v) is 8.64. The van der Waals surface area contributed by atoms with Gasteiger partial charge in [-0.15, -0.1) is 0 Å². The number of aromatic nitrogens is 1. The molecule has 0 saturated carbocycles. The quantitative estimate of drug-likeness (QED) is 0.709. The summed E-state index contributed by atoms with van der Waals surface area (Å²) in [7, 11) is 0. The summed E-state index contributed by atoms with van der Waals surface area (Å²) in [6.07, 6.45) is 2.49. The van der Waals surface area contributed by atoms with Gasteiger partial charge in [0.25, 0.3) is 5.91 Å². The molecule has 1 aliphatic heterocycles. The van der Waals surface area contributed by atoms with Crippen LogP contribution in [0.2, 0.25) is 10.0 Å². The SMILES string of the molecule is CC1Cc2cccc3c(=O)c(C(=O)Nc4cc(Cl)ccc4Cl)cn1c23. The molecule has 1 N–H and O–H groups in total. The Morgan fingerprint density at radius 3 is 2.84 bits per heavy atom. The number of halogens is 2. The van der Waals surface area contributed by atoms with Crippen molar-refractivity contribution in [1.82, 2.24) is 4.57 Å². The maximum atomic E-state index is 12.8. The number of pyridine rings is 1. The zero-order valence-corrected chi connectivity index (χ0v) is 14.9. The molecule has 25 heavy (non-hydrogen) atoms. The van der Waals surface area contributed by atoms with E-state index in [0.29, 0.717) is 21.1 Å². The van der Waals surface area contributed by atoms with Crippen LogP contribution in [0.3, 0.4) is 0 Å². The van der Waals surface area contributed by atoms with Crippen molar-refractivity contribution in [1.29, 1.82) is 0 Å². The number of hydrogen-bond acceptors (Lipinski definition) is 2. The fourth-order valence-electron chi connectivity index (χ4n) is 3.36. The number of carbonyl (C=O) groups excluding carboxylic acids is 1. The maximum absolute atomic E-state index is 12.8. The largest absolute Gasteiger partial charge is 0.343 e. The molecule has 0 bridgehead atoms. The van der Waals surface area contributed by atoms with Gasteiger partial charge in [-0.25, -0.2) is 0 Å². The Labute approximate surface area is 154 Å². The third kappa shape index (κ3) is 2.62. The highest BCUT2D eigenvalue weighted by Gasteiger charge is 2.24. The van der Waals surface area contributed by atoms with E-state index in [0.717, 1.165) is 17.5 Å². The Balaban J connectivity index is 1.83. The van der Waals surface area contributed by atoms with Crippen molar-refractivity contribution in [2.24, 2.45) is 0 Å². The molecule has 1 aromatic heterocycles. The van der Waals surface area contributed by atoms with Gasteiger partial charge in [-0.1, -0.05) is 35.3 Å². The lowest BCUT2D eigenvalue weighted by Crippen LogP contribution is -2.24. The smallest absolute Gasteiger partial charge is 0.261 e. The molecule has 1 atom stereocenters. The standard InChI is InChI=1S/C19H14Cl2N2O2/c1-10-7-11-3-2-4-13-17(11)23(10)9-14(18(13)24)19(25)22-16-8-12(20)5-6-15(16)21/h2-6,8-10H,7H2,1H3,(H,22,25). The van der Waals surface area contributed by atoms with Gasteiger partial charge in [0.05, 0.1) is 16.2 Å². The molecule has 3 aromatic rings. The minimum atomic E-state index is -0.496. The Morgan fingerprint density at radius 2 is 2.04 bits per heavy atom. The number of amides is 1. The van der Waals surface area contributed by atoms with E-state index in [1.807, 2.05) is 16.7 Å². The van der Waals surface area contributed by atoms with Crippen LogP contribution in [-0.4, -0.2) is 10.5 Å². The minimum absolute atomic E-state index is 0.0921. The Morgan fingerprint density at radius 1 is 1.24 bits per heavy atom. The summed E-state index contributed by atoms with van der Waals surface area (Å²) in [6.45, 7) is 2.07. The molecule has 126 valence electrons. The molecule has 0 spiro atoms. The lowest BCUT2D eigenvalue weighted by atomic mass is 10.1. The maximum Gasteiger partial charge on any atom is 0.261 e. The van der Waals surface area contributed by atoms with E-state index in [1.165, 1.54) is 0 Å². The third-order valence-electron chi connectivity index (χ3n) is 4.55. The fourth-order valence-corrected chi connectivity index (χ4v) is 3.70. The molecular formula is C19H14Cl2N2O2. The van der Waals surface area contributed by atoms with Gasteiger partial charge < -0.3 is 9.88 Å². The van der Waals surface area contributed by atoms with E-state index in [2.05, 4.69) is 12.2 Å². The van der Waals surface area contributed by atoms with Crippen LogP contribution >= 0.6 is 23.2 Å². The molecule has 1 unspecified atom stereocenters. The molecular weight excluding hydrogens is 359 g/mol. The minimum Gasteiger partial charge on any atom is -0.343 e. The number of carbonyl (C=O) groups is 1. The molecule has 0 fully saturated rings. The van der Waals surface area contributed by atoms with Crippen LogP contribution in [0.25, 0.3) is 10.9 Å². The van der Waals surface area contributed by atoms with Crippen molar-refractivity contribution in [2.75, 3.05) is 5.32 Å². The van der Waals surface area contributed by atoms with E-state index in [1.54, 1.807) is 30.5 Å². The fraction of sp³-hybridized carbons (Fsp3) is 0.158. The normalized spacial score (nSPS) is 15.6. The molecule has 4 rings (SSSR count). The van der Waals surface area contributed by atoms with Gasteiger partial charge in [-0.05, 0) is 43.2 Å². The van der Waals surface area contributed by atoms with Gasteiger partial charge in [0.1, 0.15) is 5.56 Å². The second-order valence-electron chi connectivity index (χ2n) is 6.22. The highest BCUT2D eigenvalue weighted by Crippen LogP contribution is 2.31. The lowest BCUT2D eigenvalue weighted by Gasteiger charge is -2.13. The summed E-state index contributed by atoms with van der Waals surface area (Å²) in [6, 6.07) is 10.6. The van der Waals surface area contributed by atoms with Gasteiger partial charge in [-0.3, -0.25) is 9.59 Å². The van der Waals surface area contributed by atoms with Crippen LogP contribution in [0.1, 0.15) is 28.9 Å². The van der Waals surface area contributed by atoms with Crippen LogP contribution in [0.5, 0.6) is 0 Å². The van der Waals surface area contributed by atoms with E-state index in [9.17, 15) is 9.59 Å². The first-order chi connectivity index (χ1) is 12.0. The summed E-state index contributed by atoms with van der Waals surface area (Å²) < 4.78 is 2.00. The number of para-hydroxylation sites is 1. The molecule has 0 saturated heterocycles. The first kappa shape index (κ1) is 16.2. The molecule has 1 amide bonds. The lowest BCUT2D eigenvalue weighted by molar-refractivity contribution is 0.102. The zero-order valence-electron chi connectivity index (χ0n) is 13.3. The summed E-state index contributed by atoms with van der Waals surface area (Å²) in [5, 5.41) is 4.06. The number of anilines is 1. The molecule has 6 heteroatoms. The monoisotopic (exact) mass is 372 g/mol. The second kappa shape index (κ2) is 5.90. The Bertz CT molecular complexity index is 1090. The van der Waals surface area contributed by atoms with E-state index >= 15 is 0 Å². The average Bonchev–Trinajstić information content (AvgIpc) is 2.90. The van der Waals surface area contributed by atoms with Crippen molar-refractivity contribution in [3.05, 3.63) is 74.0 Å². The van der Waals surface area contributed by atoms with Crippen molar-refractivity contribution >= 4 is 45.7 Å². The highest BCUT2D eigenvalue weighted by atomic mass is 35.5. The molecule has 1 aliphatic rings. The molecule has 4 nitrogen and oxygen atoms in total. The van der Waals surface area contributed by atoms with Gasteiger partial charge in [0.2, 0.25) is 5.43 Å². The third-order valence-corrected chi connectivity index (χ3v) is 5.11. The van der Waals surface area contributed by atoms with E-state index in [4.69, 9.17) is 23.2 Å². The van der Waals surface area contributed by atoms with E-state index < -0.39 is 5.91 Å². The van der Waals surface area contributed by atoms with Crippen LogP contribution in [0.15, 0.2) is 47.4 Å². The summed E-state index contributed by atoms with van der Waals surface area (Å²) in [5.41, 5.74) is 2.23. The van der Waals surface area contributed by atoms with Crippen LogP contribution in [0, 0.1) is 0 Å². The van der Waals surface area contributed by atoms with Gasteiger partial charge in [-0.2, -0.15) is 0 Å². The molecule has 0 radical (unpaired) electrons. The highest BCUT2D eigenvalue weighted by molar-refractivity contribution is 6.35. The summed E-state index contributed by atoms with van der Waals surface area (Å²) >= 11 is 12.0. The number of rotatable bonds is 2. The average molecular weight is 373 g/mol. The molecule has 2 heterocycles. The van der Waals surface area contributed by atoms with Gasteiger partial charge in [0.15, 0.2) is 0 Å². The zero-order chi connectivity index (χ0) is 17.7. The van der Waals surface area contributed by atoms with Crippen molar-refractivity contribution in [2.45, 2.75) is 19.4 Å². The Hall–Kier alpha value is -2.30. The first-order valence-electron chi connectivity index (χ1n) is 7.89. The number of benzene rings is 2. The van der Waals surface area contributed by atoms with Crippen molar-refractivity contribution in [3.8, 4) is 0 Å². The predicted octanol–water partition coefficient (Wildman–Crippen LogP) is 4.68. The topological polar surface area (TPSA) is 51.1 Å². The predicted molar refractivity (Wildman–Crippen MR) is 101 cm³/mol. The molecule has 0 aliphatic carbocycles. The number of nitrogens with one attached hydrogen (secondary N) is 1. The second-order valence-corrected chi connectivity index (χ2v) is 7.07. The number of hydrogen-bond donors (Lipinski definition) is 1. The van der Waals surface area contributed by atoms with Crippen LogP contribution in [-0.2, 0) is 6.42 Å². The van der Waals surface area contributed by atoms with Crippen LogP contribution < -0.4 is 10.7 Å². The summed E-state index contributed by atoms with van der Waals surface area (Å²) in [4.78, 5) is 25.5. The van der Waals surface area contributed by atoms with Gasteiger partial charge >= 0.3 is 0 Å². The van der Waals surface area contributed by atoms with E-state index in [-0.39, 0.29) is 17.0 Å².